The Morgan fingerprint density at radius 1 is 1.02 bits per heavy atom. The van der Waals surface area contributed by atoms with Gasteiger partial charge in [0, 0.05) is 36.2 Å². The topological polar surface area (TPSA) is 125 Å². The number of aliphatic hydroxyl groups is 1. The van der Waals surface area contributed by atoms with E-state index in [-0.39, 0.29) is 48.6 Å². The first-order valence-corrected chi connectivity index (χ1v) is 15.9. The van der Waals surface area contributed by atoms with Crippen molar-refractivity contribution in [1.29, 1.82) is 0 Å². The Hall–Kier alpha value is -3.16. The van der Waals surface area contributed by atoms with Crippen LogP contribution in [-0.2, 0) is 18.7 Å². The van der Waals surface area contributed by atoms with Gasteiger partial charge in [-0.2, -0.15) is 0 Å². The zero-order valence-electron chi connectivity index (χ0n) is 24.3. The van der Waals surface area contributed by atoms with Crippen LogP contribution in [0, 0.1) is 17.8 Å². The van der Waals surface area contributed by atoms with Crippen molar-refractivity contribution < 1.29 is 28.6 Å². The molecule has 0 aliphatic carbocycles. The largest absolute Gasteiger partial charge is 0.494 e. The molecule has 2 aromatic carbocycles. The second-order valence-electron chi connectivity index (χ2n) is 11.2. The van der Waals surface area contributed by atoms with Crippen molar-refractivity contribution in [3.05, 3.63) is 53.4 Å². The number of likely N-dealkylation sites (N-methyl/N-ethyl adjacent to an activating group) is 1. The fraction of sp³-hybridized carbons (Fsp3) is 0.500. The van der Waals surface area contributed by atoms with Crippen LogP contribution >= 0.6 is 7.37 Å². The minimum Gasteiger partial charge on any atom is -0.494 e. The van der Waals surface area contributed by atoms with Crippen LogP contribution in [0.3, 0.4) is 0 Å². The molecule has 0 saturated carbocycles. The Morgan fingerprint density at radius 3 is 2.27 bits per heavy atom. The summed E-state index contributed by atoms with van der Waals surface area (Å²) in [5.41, 5.74) is 1.06. The number of benzene rings is 2. The maximum atomic E-state index is 14.3. The molecule has 1 heterocycles. The van der Waals surface area contributed by atoms with E-state index in [4.69, 9.17) is 4.52 Å². The zero-order chi connectivity index (χ0) is 29.6. The molecule has 0 aromatic heterocycles. The Balaban J connectivity index is 1.93. The van der Waals surface area contributed by atoms with Crippen molar-refractivity contribution in [3.63, 3.8) is 0 Å². The summed E-state index contributed by atoms with van der Waals surface area (Å²) in [4.78, 5) is 40.8. The summed E-state index contributed by atoms with van der Waals surface area (Å²) in [5, 5.41) is 18.0. The smallest absolute Gasteiger partial charge is 0.261 e. The lowest BCUT2D eigenvalue weighted by Crippen LogP contribution is -2.49. The number of rotatable bonds is 13. The van der Waals surface area contributed by atoms with E-state index in [0.29, 0.717) is 29.4 Å². The van der Waals surface area contributed by atoms with Gasteiger partial charge in [0.05, 0.1) is 6.61 Å². The average molecular weight is 572 g/mol. The monoisotopic (exact) mass is 571 g/mol. The number of nitrogens with zero attached hydrogens (tertiary/aromatic N) is 1. The molecule has 1 aliphatic heterocycles. The van der Waals surface area contributed by atoms with E-state index in [1.807, 2.05) is 52.0 Å². The first-order chi connectivity index (χ1) is 18.9. The van der Waals surface area contributed by atoms with Gasteiger partial charge in [0.15, 0.2) is 5.88 Å². The molecule has 0 bridgehead atoms. The van der Waals surface area contributed by atoms with Crippen molar-refractivity contribution in [2.24, 2.45) is 17.8 Å². The molecule has 40 heavy (non-hydrogen) atoms. The predicted molar refractivity (Wildman–Crippen MR) is 158 cm³/mol. The molecule has 3 atom stereocenters. The molecule has 0 fully saturated rings. The molecule has 1 aliphatic rings. The fourth-order valence-electron chi connectivity index (χ4n) is 5.21. The Morgan fingerprint density at radius 2 is 1.68 bits per heavy atom. The number of carbonyl (C=O) groups excluding carboxylic acids is 3. The van der Waals surface area contributed by atoms with Crippen molar-refractivity contribution in [3.8, 4) is 0 Å². The predicted octanol–water partition coefficient (Wildman–Crippen LogP) is 5.36. The van der Waals surface area contributed by atoms with Crippen molar-refractivity contribution in [2.75, 3.05) is 26.1 Å². The average Bonchev–Trinajstić information content (AvgIpc) is 2.98. The number of amides is 3. The molecule has 0 saturated heterocycles. The second-order valence-corrected chi connectivity index (χ2v) is 13.7. The van der Waals surface area contributed by atoms with Gasteiger partial charge in [0.2, 0.25) is 19.2 Å². The van der Waals surface area contributed by atoms with Gasteiger partial charge >= 0.3 is 0 Å². The van der Waals surface area contributed by atoms with Gasteiger partial charge in [-0.1, -0.05) is 58.0 Å². The van der Waals surface area contributed by atoms with Crippen molar-refractivity contribution >= 4 is 41.9 Å². The quantitative estimate of drug-likeness (QED) is 0.278. The van der Waals surface area contributed by atoms with Crippen LogP contribution in [0.2, 0.25) is 0 Å². The normalized spacial score (nSPS) is 16.4. The summed E-state index contributed by atoms with van der Waals surface area (Å²) < 4.78 is 20.1. The summed E-state index contributed by atoms with van der Waals surface area (Å²) in [6.07, 6.45) is 1.83. The standard InChI is InChI=1S/C30H42N3O6P/c1-7-39-40(38,17-23(14-19(2)3)28(35)32-25(15-20(4)5)29(36)31-6)18-33-26(34)16-22-12-8-10-21-11-9-13-24(27(21)22)30(33)37/h8-13,16,19-20,23,25,34H,7,14-15,17-18H2,1-6H3,(H,31,36)(H,32,35)/t23?,25-,40?/m0/s1. The number of hydrogen-bond donors (Lipinski definition) is 3. The third-order valence-electron chi connectivity index (χ3n) is 6.91. The summed E-state index contributed by atoms with van der Waals surface area (Å²) in [6, 6.07) is 10.2. The SMILES string of the molecule is CCOP(=O)(CC(CC(C)C)C(=O)N[C@@H](CC(C)C)C(=O)NC)CN1C(=O)c2cccc3cccc(c23)C=C1O. The molecule has 0 spiro atoms. The highest BCUT2D eigenvalue weighted by atomic mass is 31.2. The number of carbonyl (C=O) groups is 3. The first-order valence-electron chi connectivity index (χ1n) is 13.9. The maximum Gasteiger partial charge on any atom is 0.261 e. The van der Waals surface area contributed by atoms with Gasteiger partial charge in [-0.3, -0.25) is 23.8 Å². The number of nitrogens with one attached hydrogen (secondary N) is 2. The van der Waals surface area contributed by atoms with Gasteiger partial charge in [0.1, 0.15) is 12.3 Å². The Labute approximate surface area is 236 Å². The Kier molecular flexibility index (Phi) is 10.6. The number of aliphatic hydroxyl groups excluding tert-OH is 1. The van der Waals surface area contributed by atoms with E-state index < -0.39 is 25.2 Å². The summed E-state index contributed by atoms with van der Waals surface area (Å²) >= 11 is 0. The number of hydrogen-bond acceptors (Lipinski definition) is 6. The highest BCUT2D eigenvalue weighted by Gasteiger charge is 2.38. The van der Waals surface area contributed by atoms with E-state index in [1.54, 1.807) is 19.1 Å². The first kappa shape index (κ1) is 31.4. The fourth-order valence-corrected chi connectivity index (χ4v) is 7.67. The molecule has 218 valence electrons. The minimum absolute atomic E-state index is 0.0922. The van der Waals surface area contributed by atoms with Crippen LogP contribution in [-0.4, -0.2) is 59.9 Å². The Bertz CT molecular complexity index is 1320. The third-order valence-corrected chi connectivity index (χ3v) is 9.35. The van der Waals surface area contributed by atoms with E-state index in [2.05, 4.69) is 10.6 Å². The molecule has 3 amide bonds. The summed E-state index contributed by atoms with van der Waals surface area (Å²) in [6.45, 7) is 9.65. The summed E-state index contributed by atoms with van der Waals surface area (Å²) in [5.74, 6) is -1.99. The van der Waals surface area contributed by atoms with Crippen molar-refractivity contribution in [2.45, 2.75) is 53.5 Å². The lowest BCUT2D eigenvalue weighted by Gasteiger charge is -2.30. The van der Waals surface area contributed by atoms with Crippen LogP contribution in [0.4, 0.5) is 0 Å². The van der Waals surface area contributed by atoms with E-state index in [0.717, 1.165) is 10.3 Å². The molecule has 9 nitrogen and oxygen atoms in total. The molecule has 3 rings (SSSR count). The van der Waals surface area contributed by atoms with Crippen LogP contribution < -0.4 is 10.6 Å². The summed E-state index contributed by atoms with van der Waals surface area (Å²) in [7, 11) is -2.16. The molecule has 0 radical (unpaired) electrons. The van der Waals surface area contributed by atoms with Gasteiger partial charge in [-0.05, 0) is 48.6 Å². The van der Waals surface area contributed by atoms with Crippen LogP contribution in [0.5, 0.6) is 0 Å². The van der Waals surface area contributed by atoms with Crippen LogP contribution in [0.1, 0.15) is 63.4 Å². The zero-order valence-corrected chi connectivity index (χ0v) is 25.2. The highest BCUT2D eigenvalue weighted by Crippen LogP contribution is 2.51. The second kappa shape index (κ2) is 13.5. The van der Waals surface area contributed by atoms with E-state index >= 15 is 0 Å². The molecular formula is C30H42N3O6P. The molecular weight excluding hydrogens is 529 g/mol. The van der Waals surface area contributed by atoms with Gasteiger partial charge in [-0.25, -0.2) is 0 Å². The lowest BCUT2D eigenvalue weighted by molar-refractivity contribution is -0.131. The van der Waals surface area contributed by atoms with Crippen molar-refractivity contribution in [1.82, 2.24) is 15.5 Å². The van der Waals surface area contributed by atoms with E-state index in [1.165, 1.54) is 13.1 Å². The third kappa shape index (κ3) is 7.52. The molecule has 2 unspecified atom stereocenters. The molecule has 3 N–H and O–H groups in total. The van der Waals surface area contributed by atoms with Gasteiger partial charge in [-0.15, -0.1) is 0 Å². The van der Waals surface area contributed by atoms with Crippen LogP contribution in [0.25, 0.3) is 16.8 Å². The molecule has 10 heteroatoms. The lowest BCUT2D eigenvalue weighted by atomic mass is 9.96. The minimum atomic E-state index is -3.68. The maximum absolute atomic E-state index is 14.3. The van der Waals surface area contributed by atoms with Crippen LogP contribution in [0.15, 0.2) is 42.3 Å². The highest BCUT2D eigenvalue weighted by molar-refractivity contribution is 7.59. The van der Waals surface area contributed by atoms with Gasteiger partial charge < -0.3 is 20.3 Å². The van der Waals surface area contributed by atoms with E-state index in [9.17, 15) is 24.1 Å². The molecule has 2 aromatic rings. The van der Waals surface area contributed by atoms with Gasteiger partial charge in [0.25, 0.3) is 5.91 Å².